The number of rotatable bonds is 5. The third-order valence-electron chi connectivity index (χ3n) is 5.33. The molecule has 2 fully saturated rings. The van der Waals surface area contributed by atoms with Gasteiger partial charge in [0.25, 0.3) is 5.91 Å². The van der Waals surface area contributed by atoms with Crippen molar-refractivity contribution in [1.29, 1.82) is 0 Å². The Balaban J connectivity index is 0.00000300. The Kier molecular flexibility index (Phi) is 6.91. The second kappa shape index (κ2) is 8.53. The maximum Gasteiger partial charge on any atom is 0.274 e. The Hall–Kier alpha value is -1.78. The molecule has 162 valence electrons. The number of hydrogen-bond acceptors (Lipinski definition) is 7. The minimum Gasteiger partial charge on any atom is -0.331 e. The molecular formula is C18H28ClN5O4S. The van der Waals surface area contributed by atoms with Gasteiger partial charge in [-0.2, -0.15) is 0 Å². The van der Waals surface area contributed by atoms with Crippen molar-refractivity contribution in [3.63, 3.8) is 0 Å². The Labute approximate surface area is 177 Å². The number of amides is 2. The summed E-state index contributed by atoms with van der Waals surface area (Å²) in [6.07, 6.45) is 4.50. The maximum atomic E-state index is 13.1. The molecule has 2 aliphatic heterocycles. The van der Waals surface area contributed by atoms with Crippen LogP contribution in [0.5, 0.6) is 0 Å². The van der Waals surface area contributed by atoms with Gasteiger partial charge in [0, 0.05) is 13.1 Å². The van der Waals surface area contributed by atoms with Gasteiger partial charge in [0.15, 0.2) is 0 Å². The number of nitrogens with zero attached hydrogens (tertiary/aromatic N) is 5. The van der Waals surface area contributed by atoms with E-state index in [-0.39, 0.29) is 29.9 Å². The van der Waals surface area contributed by atoms with Crippen molar-refractivity contribution in [3.8, 4) is 0 Å². The smallest absolute Gasteiger partial charge is 0.274 e. The molecule has 0 aromatic carbocycles. The van der Waals surface area contributed by atoms with Crippen molar-refractivity contribution in [1.82, 2.24) is 24.1 Å². The molecule has 0 radical (unpaired) electrons. The first kappa shape index (κ1) is 23.5. The molecule has 2 aliphatic rings. The van der Waals surface area contributed by atoms with Crippen LogP contribution in [0.4, 0.5) is 0 Å². The number of carbonyl (C=O) groups excluding carboxylic acids is 2. The lowest BCUT2D eigenvalue weighted by Gasteiger charge is -2.29. The van der Waals surface area contributed by atoms with E-state index in [1.165, 1.54) is 6.20 Å². The van der Waals surface area contributed by atoms with E-state index in [0.717, 1.165) is 16.3 Å². The Morgan fingerprint density at radius 3 is 2.41 bits per heavy atom. The Bertz CT molecular complexity index is 875. The minimum atomic E-state index is -3.69. The van der Waals surface area contributed by atoms with Gasteiger partial charge in [-0.3, -0.25) is 14.6 Å². The molecule has 0 aliphatic carbocycles. The van der Waals surface area contributed by atoms with Crippen LogP contribution in [0.15, 0.2) is 12.4 Å². The minimum absolute atomic E-state index is 0. The molecule has 0 bridgehead atoms. The fourth-order valence-corrected chi connectivity index (χ4v) is 5.46. The first-order valence-corrected chi connectivity index (χ1v) is 11.2. The second-order valence-corrected chi connectivity index (χ2v) is 10.0. The van der Waals surface area contributed by atoms with Gasteiger partial charge < -0.3 is 9.80 Å². The number of sulfonamides is 1. The summed E-state index contributed by atoms with van der Waals surface area (Å²) in [7, 11) is 0.147. The van der Waals surface area contributed by atoms with Crippen LogP contribution in [0.1, 0.15) is 36.5 Å². The van der Waals surface area contributed by atoms with E-state index in [2.05, 4.69) is 9.97 Å². The predicted octanol–water partition coefficient (Wildman–Crippen LogP) is 0.617. The molecule has 2 saturated heterocycles. The summed E-state index contributed by atoms with van der Waals surface area (Å²) in [5.74, 6) is -1.37. The highest BCUT2D eigenvalue weighted by Crippen LogP contribution is 2.41. The number of carbonyl (C=O) groups is 2. The molecule has 9 nitrogen and oxygen atoms in total. The summed E-state index contributed by atoms with van der Waals surface area (Å²) < 4.78 is 25.4. The number of aromatic nitrogens is 2. The van der Waals surface area contributed by atoms with Crippen molar-refractivity contribution >= 4 is 34.2 Å². The van der Waals surface area contributed by atoms with Crippen LogP contribution in [-0.2, 0) is 21.4 Å². The third-order valence-corrected chi connectivity index (χ3v) is 6.50. The summed E-state index contributed by atoms with van der Waals surface area (Å²) in [5, 5.41) is 0. The maximum absolute atomic E-state index is 13.1. The summed E-state index contributed by atoms with van der Waals surface area (Å²) in [6.45, 7) is 4.76. The summed E-state index contributed by atoms with van der Waals surface area (Å²) in [4.78, 5) is 38.0. The lowest BCUT2D eigenvalue weighted by Crippen LogP contribution is -2.44. The Morgan fingerprint density at radius 2 is 1.93 bits per heavy atom. The lowest BCUT2D eigenvalue weighted by atomic mass is 9.88. The zero-order chi connectivity index (χ0) is 20.8. The van der Waals surface area contributed by atoms with Gasteiger partial charge in [0.05, 0.1) is 42.3 Å². The zero-order valence-corrected chi connectivity index (χ0v) is 18.9. The number of hydrogen-bond donors (Lipinski definition) is 0. The van der Waals surface area contributed by atoms with Crippen LogP contribution in [0.3, 0.4) is 0 Å². The van der Waals surface area contributed by atoms with E-state index in [1.54, 1.807) is 11.1 Å². The van der Waals surface area contributed by atoms with Crippen LogP contribution in [0.25, 0.3) is 0 Å². The number of likely N-dealkylation sites (tertiary alicyclic amines) is 1. The SMILES string of the molecule is CC(C)[C@H]1C(=O)N(S(C)(=O)=O)[C@H]2CCN(C(=O)c3cnc(CN(C)C)cn3)[C@H]12.Cl. The highest BCUT2D eigenvalue weighted by Gasteiger charge is 2.58. The van der Waals surface area contributed by atoms with Crippen LogP contribution in [0, 0.1) is 11.8 Å². The highest BCUT2D eigenvalue weighted by atomic mass is 35.5. The first-order chi connectivity index (χ1) is 13.0. The summed E-state index contributed by atoms with van der Waals surface area (Å²) in [6, 6.07) is -0.988. The van der Waals surface area contributed by atoms with Crippen molar-refractivity contribution < 1.29 is 18.0 Å². The average molecular weight is 446 g/mol. The van der Waals surface area contributed by atoms with Crippen molar-refractivity contribution in [3.05, 3.63) is 23.8 Å². The van der Waals surface area contributed by atoms with Crippen LogP contribution < -0.4 is 0 Å². The predicted molar refractivity (Wildman–Crippen MR) is 110 cm³/mol. The first-order valence-electron chi connectivity index (χ1n) is 9.32. The van der Waals surface area contributed by atoms with Gasteiger partial charge in [-0.25, -0.2) is 17.7 Å². The van der Waals surface area contributed by atoms with Crippen LogP contribution in [-0.4, -0.2) is 83.3 Å². The second-order valence-electron chi connectivity index (χ2n) is 8.14. The molecule has 0 spiro atoms. The average Bonchev–Trinajstić information content (AvgIpc) is 3.09. The number of halogens is 1. The zero-order valence-electron chi connectivity index (χ0n) is 17.3. The summed E-state index contributed by atoms with van der Waals surface area (Å²) >= 11 is 0. The fraction of sp³-hybridized carbons (Fsp3) is 0.667. The van der Waals surface area contributed by atoms with Crippen molar-refractivity contribution in [2.24, 2.45) is 11.8 Å². The molecular weight excluding hydrogens is 418 g/mol. The summed E-state index contributed by atoms with van der Waals surface area (Å²) in [5.41, 5.74) is 0.955. The molecule has 29 heavy (non-hydrogen) atoms. The van der Waals surface area contributed by atoms with Crippen LogP contribution in [0.2, 0.25) is 0 Å². The van der Waals surface area contributed by atoms with Gasteiger partial charge >= 0.3 is 0 Å². The van der Waals surface area contributed by atoms with Crippen molar-refractivity contribution in [2.75, 3.05) is 26.9 Å². The van der Waals surface area contributed by atoms with Gasteiger partial charge in [0.1, 0.15) is 5.69 Å². The largest absolute Gasteiger partial charge is 0.331 e. The molecule has 0 N–H and O–H groups in total. The molecule has 0 saturated carbocycles. The topological polar surface area (TPSA) is 104 Å². The van der Waals surface area contributed by atoms with Crippen molar-refractivity contribution in [2.45, 2.75) is 38.9 Å². The quantitative estimate of drug-likeness (QED) is 0.654. The fourth-order valence-electron chi connectivity index (χ4n) is 4.29. The van der Waals surface area contributed by atoms with E-state index >= 15 is 0 Å². The molecule has 1 aromatic heterocycles. The van der Waals surface area contributed by atoms with Gasteiger partial charge in [-0.15, -0.1) is 12.4 Å². The molecule has 2 amide bonds. The van der Waals surface area contributed by atoms with Gasteiger partial charge in [0.2, 0.25) is 15.9 Å². The van der Waals surface area contributed by atoms with Gasteiger partial charge in [-0.05, 0) is 26.4 Å². The van der Waals surface area contributed by atoms with Crippen LogP contribution >= 0.6 is 12.4 Å². The molecule has 1 aromatic rings. The van der Waals surface area contributed by atoms with E-state index in [1.807, 2.05) is 32.8 Å². The third kappa shape index (κ3) is 4.39. The molecule has 11 heteroatoms. The van der Waals surface area contributed by atoms with Gasteiger partial charge in [-0.1, -0.05) is 13.8 Å². The van der Waals surface area contributed by atoms with E-state index < -0.39 is 33.9 Å². The lowest BCUT2D eigenvalue weighted by molar-refractivity contribution is -0.129. The Morgan fingerprint density at radius 1 is 1.28 bits per heavy atom. The molecule has 3 atom stereocenters. The van der Waals surface area contributed by atoms with E-state index in [9.17, 15) is 18.0 Å². The standard InChI is InChI=1S/C18H27N5O4S.ClH/c1-11(2)15-16-14(23(18(15)25)28(5,26)27)6-7-22(16)17(24)13-9-19-12(8-20-13)10-21(3)4;/h8-9,11,14-16H,6-7,10H2,1-5H3;1H/t14-,15+,16-;/m0./s1. The van der Waals surface area contributed by atoms with E-state index in [0.29, 0.717) is 19.5 Å². The molecule has 0 unspecified atom stereocenters. The molecule has 3 rings (SSSR count). The van der Waals surface area contributed by atoms with E-state index in [4.69, 9.17) is 0 Å². The molecule has 3 heterocycles. The number of fused-ring (bicyclic) bond motifs is 1. The highest BCUT2D eigenvalue weighted by molar-refractivity contribution is 7.88. The monoisotopic (exact) mass is 445 g/mol. The normalized spacial score (nSPS) is 24.2.